The first-order chi connectivity index (χ1) is 17.8. The molecule has 5 rings (SSSR count). The molecule has 2 aliphatic heterocycles. The molecule has 10 heteroatoms. The van der Waals surface area contributed by atoms with Gasteiger partial charge in [-0.3, -0.25) is 13.8 Å². The molecule has 4 heterocycles. The molecule has 0 unspecified atom stereocenters. The van der Waals surface area contributed by atoms with Crippen molar-refractivity contribution in [3.05, 3.63) is 57.1 Å². The van der Waals surface area contributed by atoms with Crippen molar-refractivity contribution in [1.29, 1.82) is 0 Å². The summed E-state index contributed by atoms with van der Waals surface area (Å²) < 4.78 is 27.1. The number of likely N-dealkylation sites (tertiary alicyclic amines) is 1. The maximum Gasteiger partial charge on any atom is 0.413 e. The van der Waals surface area contributed by atoms with Gasteiger partial charge >= 0.3 is 6.09 Å². The molecule has 2 aromatic heterocycles. The van der Waals surface area contributed by atoms with E-state index in [1.807, 2.05) is 11.5 Å². The Kier molecular flexibility index (Phi) is 7.02. The van der Waals surface area contributed by atoms with Gasteiger partial charge in [0.25, 0.3) is 5.56 Å². The standard InChI is InChI=1S/C27H35FN5O4/c1-18-21(26(34)32-12-5-4-6-24(32)29-18)11-15-33(17-36-27(35)31(2)3)13-9-19(10-14-33)25-22-8-7-20(28)16-23(22)37-30-25/h7-8,16,19H,4-6,9-15,17H2,1-3H3/q+1. The van der Waals surface area contributed by atoms with Crippen LogP contribution in [-0.4, -0.2) is 70.6 Å². The molecular formula is C27H35FN5O4+. The Morgan fingerprint density at radius 3 is 2.81 bits per heavy atom. The van der Waals surface area contributed by atoms with E-state index in [9.17, 15) is 14.0 Å². The van der Waals surface area contributed by atoms with Gasteiger partial charge in [0.05, 0.1) is 25.3 Å². The molecule has 0 radical (unpaired) electrons. The van der Waals surface area contributed by atoms with E-state index in [0.29, 0.717) is 23.0 Å². The van der Waals surface area contributed by atoms with E-state index < -0.39 is 0 Å². The molecule has 0 spiro atoms. The van der Waals surface area contributed by atoms with Crippen LogP contribution < -0.4 is 5.56 Å². The summed E-state index contributed by atoms with van der Waals surface area (Å²) in [4.78, 5) is 31.8. The largest absolute Gasteiger partial charge is 0.413 e. The average Bonchev–Trinajstić information content (AvgIpc) is 3.30. The smallest absolute Gasteiger partial charge is 0.399 e. The number of fused-ring (bicyclic) bond motifs is 2. The van der Waals surface area contributed by atoms with Gasteiger partial charge < -0.3 is 14.2 Å². The molecule has 3 aromatic rings. The second-order valence-corrected chi connectivity index (χ2v) is 10.7. The normalized spacial score (nSPS) is 21.6. The average molecular weight is 513 g/mol. The molecule has 1 aromatic carbocycles. The Morgan fingerprint density at radius 1 is 1.27 bits per heavy atom. The number of carbonyl (C=O) groups is 1. The number of hydrogen-bond donors (Lipinski definition) is 0. The maximum atomic E-state index is 13.6. The summed E-state index contributed by atoms with van der Waals surface area (Å²) in [5, 5.41) is 5.11. The van der Waals surface area contributed by atoms with Gasteiger partial charge in [-0.15, -0.1) is 0 Å². The van der Waals surface area contributed by atoms with Gasteiger partial charge in [0, 0.05) is 75.0 Å². The molecule has 0 aliphatic carbocycles. The highest BCUT2D eigenvalue weighted by molar-refractivity contribution is 5.79. The third-order valence-corrected chi connectivity index (χ3v) is 8.00. The summed E-state index contributed by atoms with van der Waals surface area (Å²) in [5.74, 6) is 0.710. The minimum Gasteiger partial charge on any atom is -0.399 e. The zero-order valence-corrected chi connectivity index (χ0v) is 21.8. The fourth-order valence-corrected chi connectivity index (χ4v) is 5.72. The van der Waals surface area contributed by atoms with Crippen molar-refractivity contribution in [3.63, 3.8) is 0 Å². The van der Waals surface area contributed by atoms with Gasteiger partial charge in [-0.25, -0.2) is 14.2 Å². The van der Waals surface area contributed by atoms with Crippen molar-refractivity contribution in [3.8, 4) is 0 Å². The fourth-order valence-electron chi connectivity index (χ4n) is 5.72. The van der Waals surface area contributed by atoms with Crippen LogP contribution in [0.5, 0.6) is 0 Å². The first kappa shape index (κ1) is 25.4. The number of ether oxygens (including phenoxy) is 1. The summed E-state index contributed by atoms with van der Waals surface area (Å²) in [6.07, 6.45) is 4.76. The van der Waals surface area contributed by atoms with Gasteiger partial charge in [0.2, 0.25) is 6.73 Å². The van der Waals surface area contributed by atoms with E-state index in [4.69, 9.17) is 14.2 Å². The Bertz CT molecular complexity index is 1360. The predicted octanol–water partition coefficient (Wildman–Crippen LogP) is 3.76. The number of amides is 1. The highest BCUT2D eigenvalue weighted by Gasteiger charge is 2.37. The van der Waals surface area contributed by atoms with E-state index in [0.717, 1.165) is 79.9 Å². The van der Waals surface area contributed by atoms with Gasteiger partial charge in [0.1, 0.15) is 11.6 Å². The second kappa shape index (κ2) is 10.2. The number of hydrogen-bond acceptors (Lipinski definition) is 6. The number of piperidine rings is 1. The molecule has 198 valence electrons. The highest BCUT2D eigenvalue weighted by atomic mass is 19.1. The molecule has 9 nitrogen and oxygen atoms in total. The quantitative estimate of drug-likeness (QED) is 0.467. The summed E-state index contributed by atoms with van der Waals surface area (Å²) in [5.41, 5.74) is 2.94. The lowest BCUT2D eigenvalue weighted by molar-refractivity contribution is -0.948. The number of halogens is 1. The van der Waals surface area contributed by atoms with Crippen LogP contribution in [0.2, 0.25) is 0 Å². The van der Waals surface area contributed by atoms with E-state index in [-0.39, 0.29) is 30.1 Å². The molecule has 37 heavy (non-hydrogen) atoms. The number of carbonyl (C=O) groups excluding carboxylic acids is 1. The van der Waals surface area contributed by atoms with E-state index in [2.05, 4.69) is 5.16 Å². The third kappa shape index (κ3) is 5.12. The lowest BCUT2D eigenvalue weighted by Gasteiger charge is -2.42. The van der Waals surface area contributed by atoms with Crippen LogP contribution in [0.1, 0.15) is 54.4 Å². The molecule has 0 saturated carbocycles. The van der Waals surface area contributed by atoms with Crippen LogP contribution >= 0.6 is 0 Å². The zero-order chi connectivity index (χ0) is 26.2. The van der Waals surface area contributed by atoms with Gasteiger partial charge in [-0.2, -0.15) is 0 Å². The van der Waals surface area contributed by atoms with E-state index in [1.54, 1.807) is 20.2 Å². The summed E-state index contributed by atoms with van der Waals surface area (Å²) in [6.45, 7) is 5.10. The van der Waals surface area contributed by atoms with Crippen LogP contribution in [0.15, 0.2) is 27.5 Å². The van der Waals surface area contributed by atoms with Crippen LogP contribution in [-0.2, 0) is 24.1 Å². The number of aryl methyl sites for hydroxylation is 2. The molecule has 0 bridgehead atoms. The maximum absolute atomic E-state index is 13.6. The molecule has 0 atom stereocenters. The van der Waals surface area contributed by atoms with Crippen molar-refractivity contribution < 1.29 is 22.9 Å². The molecular weight excluding hydrogens is 477 g/mol. The minimum atomic E-state index is -0.379. The van der Waals surface area contributed by atoms with E-state index >= 15 is 0 Å². The summed E-state index contributed by atoms with van der Waals surface area (Å²) in [6, 6.07) is 4.52. The van der Waals surface area contributed by atoms with Crippen molar-refractivity contribution in [2.45, 2.75) is 57.9 Å². The first-order valence-corrected chi connectivity index (χ1v) is 13.1. The second-order valence-electron chi connectivity index (χ2n) is 10.7. The minimum absolute atomic E-state index is 0.0711. The molecule has 1 saturated heterocycles. The van der Waals surface area contributed by atoms with Gasteiger partial charge in [-0.1, -0.05) is 5.16 Å². The van der Waals surface area contributed by atoms with Crippen LogP contribution in [0.4, 0.5) is 9.18 Å². The predicted molar refractivity (Wildman–Crippen MR) is 136 cm³/mol. The van der Waals surface area contributed by atoms with Crippen molar-refractivity contribution >= 4 is 17.1 Å². The van der Waals surface area contributed by atoms with Crippen molar-refractivity contribution in [1.82, 2.24) is 19.6 Å². The first-order valence-electron chi connectivity index (χ1n) is 13.1. The number of aromatic nitrogens is 3. The molecule has 1 amide bonds. The Morgan fingerprint density at radius 2 is 2.05 bits per heavy atom. The SMILES string of the molecule is Cc1nc2n(c(=O)c1CC[N+]1(COC(=O)N(C)C)CCC(c3noc4cc(F)ccc34)CC1)CCCC2. The van der Waals surface area contributed by atoms with Crippen molar-refractivity contribution in [2.24, 2.45) is 0 Å². The number of nitrogens with zero attached hydrogens (tertiary/aromatic N) is 5. The Balaban J connectivity index is 1.35. The van der Waals surface area contributed by atoms with E-state index in [1.165, 1.54) is 17.0 Å². The lowest BCUT2D eigenvalue weighted by Crippen LogP contribution is -2.56. The Hall–Kier alpha value is -3.27. The lowest BCUT2D eigenvalue weighted by atomic mass is 9.90. The highest BCUT2D eigenvalue weighted by Crippen LogP contribution is 2.35. The number of benzene rings is 1. The van der Waals surface area contributed by atoms with Gasteiger partial charge in [0.15, 0.2) is 5.58 Å². The molecule has 2 aliphatic rings. The molecule has 0 N–H and O–H groups in total. The van der Waals surface area contributed by atoms with Crippen molar-refractivity contribution in [2.75, 3.05) is 40.5 Å². The zero-order valence-electron chi connectivity index (χ0n) is 21.8. The Labute approximate surface area is 215 Å². The van der Waals surface area contributed by atoms with Crippen LogP contribution in [0.25, 0.3) is 11.0 Å². The van der Waals surface area contributed by atoms with Crippen LogP contribution in [0.3, 0.4) is 0 Å². The molecule has 1 fully saturated rings. The monoisotopic (exact) mass is 512 g/mol. The number of rotatable bonds is 6. The van der Waals surface area contributed by atoms with Crippen LogP contribution in [0, 0.1) is 12.7 Å². The fraction of sp³-hybridized carbons (Fsp3) is 0.556. The van der Waals surface area contributed by atoms with Gasteiger partial charge in [-0.05, 0) is 31.9 Å². The topological polar surface area (TPSA) is 90.5 Å². The summed E-state index contributed by atoms with van der Waals surface area (Å²) in [7, 11) is 3.33. The third-order valence-electron chi connectivity index (χ3n) is 8.00. The summed E-state index contributed by atoms with van der Waals surface area (Å²) >= 11 is 0. The number of quaternary nitrogens is 1.